The number of hydrogen-bond acceptors (Lipinski definition) is 6. The maximum absolute atomic E-state index is 12.9. The maximum Gasteiger partial charge on any atom is 0.306 e. The lowest BCUT2D eigenvalue weighted by molar-refractivity contribution is -0.167. The van der Waals surface area contributed by atoms with Gasteiger partial charge >= 0.3 is 17.9 Å². The van der Waals surface area contributed by atoms with Crippen LogP contribution in [0.3, 0.4) is 0 Å². The number of hydrogen-bond donors (Lipinski definition) is 0. The molecule has 0 aromatic heterocycles. The van der Waals surface area contributed by atoms with Crippen LogP contribution in [0.4, 0.5) is 0 Å². The normalized spacial score (nSPS) is 13.5. The molecule has 0 aliphatic heterocycles. The zero-order valence-corrected chi connectivity index (χ0v) is 52.6. The maximum atomic E-state index is 12.9. The van der Waals surface area contributed by atoms with Crippen molar-refractivity contribution in [1.82, 2.24) is 0 Å². The van der Waals surface area contributed by atoms with Gasteiger partial charge < -0.3 is 14.2 Å². The molecule has 0 aromatic carbocycles. The van der Waals surface area contributed by atoms with E-state index >= 15 is 0 Å². The van der Waals surface area contributed by atoms with E-state index in [2.05, 4.69) is 227 Å². The molecule has 1 atom stereocenters. The lowest BCUT2D eigenvalue weighted by atomic mass is 10.1. The smallest absolute Gasteiger partial charge is 0.306 e. The molecular weight excluding hydrogens is 1020 g/mol. The predicted octanol–water partition coefficient (Wildman–Crippen LogP) is 22.8. The number of allylic oxidation sites excluding steroid dienone is 34. The molecule has 0 aromatic rings. The van der Waals surface area contributed by atoms with Gasteiger partial charge in [-0.2, -0.15) is 0 Å². The molecule has 6 heteroatoms. The molecule has 0 heterocycles. The van der Waals surface area contributed by atoms with Gasteiger partial charge in [-0.1, -0.05) is 259 Å². The Hall–Kier alpha value is -6.01. The summed E-state index contributed by atoms with van der Waals surface area (Å²) in [5, 5.41) is 0. The van der Waals surface area contributed by atoms with Gasteiger partial charge in [-0.3, -0.25) is 14.4 Å². The zero-order chi connectivity index (χ0) is 59.9. The van der Waals surface area contributed by atoms with E-state index in [1.807, 2.05) is 0 Å². The van der Waals surface area contributed by atoms with Crippen LogP contribution >= 0.6 is 0 Å². The Kier molecular flexibility index (Phi) is 63.5. The first-order valence-electron chi connectivity index (χ1n) is 32.6. The molecule has 83 heavy (non-hydrogen) atoms. The summed E-state index contributed by atoms with van der Waals surface area (Å²) in [5.74, 6) is -1.03. The number of rotatable bonds is 56. The molecule has 460 valence electrons. The van der Waals surface area contributed by atoms with Crippen LogP contribution in [0.15, 0.2) is 207 Å². The predicted molar refractivity (Wildman–Crippen MR) is 361 cm³/mol. The first-order valence-corrected chi connectivity index (χ1v) is 32.6. The summed E-state index contributed by atoms with van der Waals surface area (Å²) in [4.78, 5) is 38.3. The fraction of sp³-hybridized carbons (Fsp3) is 0.519. The molecule has 0 bridgehead atoms. The van der Waals surface area contributed by atoms with Crippen LogP contribution in [0.1, 0.15) is 239 Å². The minimum atomic E-state index is -0.836. The van der Waals surface area contributed by atoms with Gasteiger partial charge in [0.1, 0.15) is 13.2 Å². The Morgan fingerprint density at radius 2 is 0.470 bits per heavy atom. The standard InChI is InChI=1S/C77H116O6/c1-4-7-10-13-16-19-22-25-27-29-31-33-34-35-36-37-38-39-40-41-42-44-45-47-49-52-55-58-61-64-67-70-76(79)82-73-74(72-81-75(78)69-66-63-60-57-54-51-24-21-18-15-12-9-6-3)83-77(80)71-68-65-62-59-56-53-50-48-46-43-32-30-28-26-23-20-17-14-11-8-5-2/h7-8,10-12,15-17,19-21,24-28,31-33,35-36,38-39,41-43,45,47-48,50,52,55-56,59,74H,4-6,9,13-14,18,22-23,29-30,34,37,40,44,46,49,51,53-54,57-58,60-73H2,1-3H3/b10-7-,11-8-,15-12-,19-16-,20-17-,24-21-,27-25-,28-26-,33-31-,36-35-,39-38-,42-41-,43-32-,47-45-,50-48-,55-52-,59-56-. The molecule has 1 unspecified atom stereocenters. The van der Waals surface area contributed by atoms with Gasteiger partial charge in [-0.25, -0.2) is 0 Å². The first-order chi connectivity index (χ1) is 41.0. The van der Waals surface area contributed by atoms with Gasteiger partial charge in [0.2, 0.25) is 0 Å². The third-order valence-corrected chi connectivity index (χ3v) is 12.7. The zero-order valence-electron chi connectivity index (χ0n) is 52.6. The van der Waals surface area contributed by atoms with E-state index in [-0.39, 0.29) is 37.5 Å². The molecule has 0 saturated heterocycles. The van der Waals surface area contributed by atoms with Gasteiger partial charge in [0.25, 0.3) is 0 Å². The van der Waals surface area contributed by atoms with Crippen LogP contribution in [0.5, 0.6) is 0 Å². The van der Waals surface area contributed by atoms with Crippen LogP contribution in [0.25, 0.3) is 0 Å². The summed E-state index contributed by atoms with van der Waals surface area (Å²) >= 11 is 0. The van der Waals surface area contributed by atoms with Gasteiger partial charge in [-0.15, -0.1) is 0 Å². The van der Waals surface area contributed by atoms with Crippen molar-refractivity contribution in [2.24, 2.45) is 0 Å². The Morgan fingerprint density at radius 3 is 0.771 bits per heavy atom. The van der Waals surface area contributed by atoms with E-state index in [9.17, 15) is 14.4 Å². The van der Waals surface area contributed by atoms with Crippen molar-refractivity contribution in [3.63, 3.8) is 0 Å². The summed E-state index contributed by atoms with van der Waals surface area (Å²) in [7, 11) is 0. The summed E-state index contributed by atoms with van der Waals surface area (Å²) in [6, 6.07) is 0. The fourth-order valence-electron chi connectivity index (χ4n) is 7.94. The van der Waals surface area contributed by atoms with E-state index in [0.717, 1.165) is 186 Å². The molecule has 0 amide bonds. The molecule has 0 saturated carbocycles. The van der Waals surface area contributed by atoms with Gasteiger partial charge in [0, 0.05) is 19.3 Å². The summed E-state index contributed by atoms with van der Waals surface area (Å²) in [6.45, 7) is 6.25. The highest BCUT2D eigenvalue weighted by atomic mass is 16.6. The summed E-state index contributed by atoms with van der Waals surface area (Å²) < 4.78 is 16.8. The third kappa shape index (κ3) is 66.7. The van der Waals surface area contributed by atoms with E-state index in [1.165, 1.54) is 6.42 Å². The second kappa shape index (κ2) is 68.5. The molecule has 0 radical (unpaired) electrons. The Morgan fingerprint density at radius 1 is 0.253 bits per heavy atom. The second-order valence-electron chi connectivity index (χ2n) is 20.5. The minimum Gasteiger partial charge on any atom is -0.462 e. The number of carbonyl (C=O) groups excluding carboxylic acids is 3. The van der Waals surface area contributed by atoms with Crippen LogP contribution < -0.4 is 0 Å². The molecule has 0 aliphatic rings. The SMILES string of the molecule is CC/C=C\C/C=C\C/C=C\C/C=C\C/C=C\C/C=C\C/C=C\C/C=C\C/C=C\CCCCCC(=O)OCC(COC(=O)CCCCCCC/C=C\C/C=C\CCC)OC(=O)CCCC/C=C\C/C=C\C/C=C\C/C=C\C/C=C\C/C=C\CC. The average Bonchev–Trinajstić information content (AvgIpc) is 3.49. The number of unbranched alkanes of at least 4 members (excludes halogenated alkanes) is 11. The average molecular weight is 1140 g/mol. The molecule has 6 nitrogen and oxygen atoms in total. The van der Waals surface area contributed by atoms with Crippen molar-refractivity contribution in [1.29, 1.82) is 0 Å². The summed E-state index contributed by atoms with van der Waals surface area (Å²) in [5.41, 5.74) is 0. The molecule has 0 N–H and O–H groups in total. The monoisotopic (exact) mass is 1140 g/mol. The summed E-state index contributed by atoms with van der Waals surface area (Å²) in [6.07, 6.45) is 105. The molecular formula is C77H116O6. The molecule has 0 fully saturated rings. The van der Waals surface area contributed by atoms with Crippen molar-refractivity contribution in [2.75, 3.05) is 13.2 Å². The van der Waals surface area contributed by atoms with Crippen molar-refractivity contribution in [3.8, 4) is 0 Å². The van der Waals surface area contributed by atoms with Crippen molar-refractivity contribution >= 4 is 17.9 Å². The molecule has 0 rings (SSSR count). The second-order valence-corrected chi connectivity index (χ2v) is 20.5. The van der Waals surface area contributed by atoms with E-state index in [0.29, 0.717) is 19.3 Å². The van der Waals surface area contributed by atoms with Gasteiger partial charge in [0.05, 0.1) is 0 Å². The Labute approximate surface area is 509 Å². The van der Waals surface area contributed by atoms with Gasteiger partial charge in [0.15, 0.2) is 6.10 Å². The van der Waals surface area contributed by atoms with Crippen molar-refractivity contribution in [2.45, 2.75) is 245 Å². The quantitative estimate of drug-likeness (QED) is 0.0261. The fourth-order valence-corrected chi connectivity index (χ4v) is 7.94. The Balaban J connectivity index is 4.51. The van der Waals surface area contributed by atoms with E-state index < -0.39 is 6.10 Å². The van der Waals surface area contributed by atoms with Crippen LogP contribution in [-0.4, -0.2) is 37.2 Å². The minimum absolute atomic E-state index is 0.125. The third-order valence-electron chi connectivity index (χ3n) is 12.7. The lowest BCUT2D eigenvalue weighted by Crippen LogP contribution is -2.30. The number of ether oxygens (including phenoxy) is 3. The Bertz CT molecular complexity index is 2030. The van der Waals surface area contributed by atoms with Crippen molar-refractivity contribution < 1.29 is 28.6 Å². The highest BCUT2D eigenvalue weighted by Crippen LogP contribution is 2.12. The van der Waals surface area contributed by atoms with Crippen LogP contribution in [-0.2, 0) is 28.6 Å². The van der Waals surface area contributed by atoms with E-state index in [4.69, 9.17) is 14.2 Å². The first kappa shape index (κ1) is 77.0. The van der Waals surface area contributed by atoms with Crippen LogP contribution in [0, 0.1) is 0 Å². The largest absolute Gasteiger partial charge is 0.462 e. The number of esters is 3. The molecule has 0 spiro atoms. The van der Waals surface area contributed by atoms with Crippen LogP contribution in [0.2, 0.25) is 0 Å². The highest BCUT2D eigenvalue weighted by Gasteiger charge is 2.19. The highest BCUT2D eigenvalue weighted by molar-refractivity contribution is 5.71. The molecule has 0 aliphatic carbocycles. The topological polar surface area (TPSA) is 78.9 Å². The lowest BCUT2D eigenvalue weighted by Gasteiger charge is -2.18. The number of carbonyl (C=O) groups is 3. The van der Waals surface area contributed by atoms with Crippen molar-refractivity contribution in [3.05, 3.63) is 207 Å². The van der Waals surface area contributed by atoms with E-state index in [1.54, 1.807) is 0 Å². The van der Waals surface area contributed by atoms with Gasteiger partial charge in [-0.05, 0) is 167 Å².